The van der Waals surface area contributed by atoms with Crippen molar-refractivity contribution < 1.29 is 14.3 Å². The van der Waals surface area contributed by atoms with Crippen LogP contribution in [0.4, 0.5) is 0 Å². The molecular weight excluding hydrogens is 252 g/mol. The first-order chi connectivity index (χ1) is 9.24. The average Bonchev–Trinajstić information content (AvgIpc) is 2.38. The summed E-state index contributed by atoms with van der Waals surface area (Å²) >= 11 is 0. The number of rotatable bonds is 5. The third-order valence-electron chi connectivity index (χ3n) is 4.13. The fraction of sp³-hybridized carbons (Fsp3) is 0.588. The van der Waals surface area contributed by atoms with Gasteiger partial charge in [-0.3, -0.25) is 4.79 Å². The van der Waals surface area contributed by atoms with E-state index in [2.05, 4.69) is 27.7 Å². The van der Waals surface area contributed by atoms with Gasteiger partial charge in [-0.15, -0.1) is 0 Å². The van der Waals surface area contributed by atoms with Crippen LogP contribution in [0, 0.1) is 10.8 Å². The molecule has 0 amide bonds. The smallest absolute Gasteiger partial charge is 0.317 e. The predicted molar refractivity (Wildman–Crippen MR) is 81.1 cm³/mol. The molecule has 20 heavy (non-hydrogen) atoms. The maximum absolute atomic E-state index is 12.6. The zero-order valence-corrected chi connectivity index (χ0v) is 13.4. The second kappa shape index (κ2) is 6.29. The lowest BCUT2D eigenvalue weighted by atomic mass is 9.65. The Bertz CT molecular complexity index is 442. The number of esters is 1. The van der Waals surface area contributed by atoms with Crippen LogP contribution in [0.3, 0.4) is 0 Å². The lowest BCUT2D eigenvalue weighted by Crippen LogP contribution is -2.43. The summed E-state index contributed by atoms with van der Waals surface area (Å²) in [6, 6.07) is 7.09. The quantitative estimate of drug-likeness (QED) is 0.589. The molecule has 0 aromatic heterocycles. The van der Waals surface area contributed by atoms with Crippen LogP contribution in [0.5, 0.6) is 11.5 Å². The van der Waals surface area contributed by atoms with Crippen molar-refractivity contribution >= 4 is 5.97 Å². The number of ether oxygens (including phenoxy) is 2. The minimum Gasteiger partial charge on any atom is -0.497 e. The maximum Gasteiger partial charge on any atom is 0.317 e. The molecule has 0 aliphatic carbocycles. The summed E-state index contributed by atoms with van der Waals surface area (Å²) in [5, 5.41) is 0. The Hall–Kier alpha value is -1.51. The van der Waals surface area contributed by atoms with E-state index < -0.39 is 5.41 Å². The van der Waals surface area contributed by atoms with E-state index in [1.807, 2.05) is 6.92 Å². The van der Waals surface area contributed by atoms with Crippen molar-refractivity contribution in [2.75, 3.05) is 7.11 Å². The highest BCUT2D eigenvalue weighted by Crippen LogP contribution is 2.43. The maximum atomic E-state index is 12.6. The first-order valence-electron chi connectivity index (χ1n) is 7.11. The van der Waals surface area contributed by atoms with Gasteiger partial charge in [-0.1, -0.05) is 34.1 Å². The summed E-state index contributed by atoms with van der Waals surface area (Å²) in [7, 11) is 1.61. The summed E-state index contributed by atoms with van der Waals surface area (Å²) in [5.41, 5.74) is -0.645. The van der Waals surface area contributed by atoms with E-state index in [1.54, 1.807) is 31.4 Å². The van der Waals surface area contributed by atoms with Gasteiger partial charge < -0.3 is 9.47 Å². The topological polar surface area (TPSA) is 35.5 Å². The van der Waals surface area contributed by atoms with Crippen molar-refractivity contribution in [3.8, 4) is 11.5 Å². The second-order valence-electron chi connectivity index (χ2n) is 6.40. The summed E-state index contributed by atoms with van der Waals surface area (Å²) < 4.78 is 10.7. The fourth-order valence-electron chi connectivity index (χ4n) is 2.15. The third kappa shape index (κ3) is 3.53. The molecule has 0 N–H and O–H groups in total. The van der Waals surface area contributed by atoms with Crippen molar-refractivity contribution in [3.63, 3.8) is 0 Å². The zero-order chi connectivity index (χ0) is 15.4. The number of benzene rings is 1. The van der Waals surface area contributed by atoms with Crippen LogP contribution in [0.25, 0.3) is 0 Å². The van der Waals surface area contributed by atoms with Crippen LogP contribution in [0.1, 0.15) is 47.5 Å². The molecule has 0 aliphatic heterocycles. The molecule has 0 spiro atoms. The number of methoxy groups -OCH3 is 1. The van der Waals surface area contributed by atoms with Crippen LogP contribution >= 0.6 is 0 Å². The monoisotopic (exact) mass is 278 g/mol. The van der Waals surface area contributed by atoms with Crippen molar-refractivity contribution in [1.29, 1.82) is 0 Å². The highest BCUT2D eigenvalue weighted by molar-refractivity contribution is 5.79. The summed E-state index contributed by atoms with van der Waals surface area (Å²) in [5.74, 6) is 1.14. The van der Waals surface area contributed by atoms with Crippen LogP contribution in [-0.2, 0) is 4.79 Å². The Balaban J connectivity index is 2.91. The number of hydrogen-bond acceptors (Lipinski definition) is 3. The van der Waals surface area contributed by atoms with E-state index in [9.17, 15) is 4.79 Å². The predicted octanol–water partition coefficient (Wildman–Crippen LogP) is 4.45. The molecule has 1 atom stereocenters. The van der Waals surface area contributed by atoms with Crippen LogP contribution in [-0.4, -0.2) is 13.1 Å². The van der Waals surface area contributed by atoms with E-state index in [-0.39, 0.29) is 11.4 Å². The SMILES string of the molecule is CCCC(C)(C(=O)Oc1ccc(OC)cc1)C(C)(C)C. The molecule has 1 rings (SSSR count). The molecule has 0 heterocycles. The molecule has 0 bridgehead atoms. The van der Waals surface area contributed by atoms with E-state index >= 15 is 0 Å². The molecule has 0 fully saturated rings. The van der Waals surface area contributed by atoms with Crippen molar-refractivity contribution in [3.05, 3.63) is 24.3 Å². The van der Waals surface area contributed by atoms with Gasteiger partial charge in [0.1, 0.15) is 11.5 Å². The van der Waals surface area contributed by atoms with Crippen molar-refractivity contribution in [1.82, 2.24) is 0 Å². The number of carbonyl (C=O) groups excluding carboxylic acids is 1. The molecule has 0 saturated carbocycles. The Morgan fingerprint density at radius 2 is 1.55 bits per heavy atom. The minimum absolute atomic E-state index is 0.146. The average molecular weight is 278 g/mol. The number of hydrogen-bond donors (Lipinski definition) is 0. The van der Waals surface area contributed by atoms with Crippen molar-refractivity contribution in [2.24, 2.45) is 10.8 Å². The van der Waals surface area contributed by atoms with Crippen LogP contribution in [0.2, 0.25) is 0 Å². The Morgan fingerprint density at radius 1 is 1.05 bits per heavy atom. The van der Waals surface area contributed by atoms with Gasteiger partial charge >= 0.3 is 5.97 Å². The zero-order valence-electron chi connectivity index (χ0n) is 13.4. The molecule has 0 aliphatic rings. The summed E-state index contributed by atoms with van der Waals surface area (Å²) in [6.07, 6.45) is 1.76. The highest BCUT2D eigenvalue weighted by atomic mass is 16.5. The van der Waals surface area contributed by atoms with Crippen LogP contribution < -0.4 is 9.47 Å². The number of carbonyl (C=O) groups is 1. The Labute approximate surface area is 122 Å². The normalized spacial score (nSPS) is 14.5. The van der Waals surface area contributed by atoms with Crippen molar-refractivity contribution in [2.45, 2.75) is 47.5 Å². The lowest BCUT2D eigenvalue weighted by Gasteiger charge is -2.39. The summed E-state index contributed by atoms with van der Waals surface area (Å²) in [4.78, 5) is 12.6. The van der Waals surface area contributed by atoms with Gasteiger partial charge in [-0.2, -0.15) is 0 Å². The molecular formula is C17H26O3. The van der Waals surface area contributed by atoms with Crippen LogP contribution in [0.15, 0.2) is 24.3 Å². The fourth-order valence-corrected chi connectivity index (χ4v) is 2.15. The van der Waals surface area contributed by atoms with E-state index in [4.69, 9.17) is 9.47 Å². The Kier molecular flexibility index (Phi) is 5.21. The second-order valence-corrected chi connectivity index (χ2v) is 6.40. The largest absolute Gasteiger partial charge is 0.497 e. The molecule has 0 radical (unpaired) electrons. The van der Waals surface area contributed by atoms with Gasteiger partial charge in [0.05, 0.1) is 12.5 Å². The summed E-state index contributed by atoms with van der Waals surface area (Å²) in [6.45, 7) is 10.3. The minimum atomic E-state index is -0.498. The molecule has 1 aromatic rings. The molecule has 3 heteroatoms. The van der Waals surface area contributed by atoms with Gasteiger partial charge in [-0.25, -0.2) is 0 Å². The first kappa shape index (κ1) is 16.5. The van der Waals surface area contributed by atoms with Gasteiger partial charge in [0.25, 0.3) is 0 Å². The first-order valence-corrected chi connectivity index (χ1v) is 7.11. The van der Waals surface area contributed by atoms with Gasteiger partial charge in [0.2, 0.25) is 0 Å². The van der Waals surface area contributed by atoms with E-state index in [0.717, 1.165) is 18.6 Å². The molecule has 0 saturated heterocycles. The molecule has 1 aromatic carbocycles. The molecule has 1 unspecified atom stereocenters. The lowest BCUT2D eigenvalue weighted by molar-refractivity contribution is -0.152. The standard InChI is InChI=1S/C17H26O3/c1-7-12-17(5,16(2,3)4)15(18)20-14-10-8-13(19-6)9-11-14/h8-11H,7,12H2,1-6H3. The molecule has 3 nitrogen and oxygen atoms in total. The van der Waals surface area contributed by atoms with E-state index in [1.165, 1.54) is 0 Å². The van der Waals surface area contributed by atoms with Gasteiger partial charge in [0.15, 0.2) is 0 Å². The third-order valence-corrected chi connectivity index (χ3v) is 4.13. The Morgan fingerprint density at radius 3 is 1.95 bits per heavy atom. The highest BCUT2D eigenvalue weighted by Gasteiger charge is 2.44. The molecule has 112 valence electrons. The van der Waals surface area contributed by atoms with Gasteiger partial charge in [0, 0.05) is 0 Å². The van der Waals surface area contributed by atoms with E-state index in [0.29, 0.717) is 5.75 Å². The van der Waals surface area contributed by atoms with Gasteiger partial charge in [-0.05, 0) is 43.0 Å².